The van der Waals surface area contributed by atoms with Crippen LogP contribution in [-0.4, -0.2) is 5.78 Å². The number of hydrogen-bond acceptors (Lipinski definition) is 1. The zero-order chi connectivity index (χ0) is 10.3. The van der Waals surface area contributed by atoms with E-state index in [-0.39, 0.29) is 11.2 Å². The first-order chi connectivity index (χ1) is 6.57. The molecule has 0 aliphatic heterocycles. The van der Waals surface area contributed by atoms with Gasteiger partial charge in [-0.25, -0.2) is 0 Å². The van der Waals surface area contributed by atoms with Crippen molar-refractivity contribution in [2.75, 3.05) is 0 Å². The third-order valence-electron chi connectivity index (χ3n) is 3.71. The van der Waals surface area contributed by atoms with E-state index in [0.29, 0.717) is 0 Å². The SMILES string of the molecule is CC1=CCCC12C(C)=CC(=O)C=C2C. The van der Waals surface area contributed by atoms with Crippen LogP contribution in [0.2, 0.25) is 0 Å². The van der Waals surface area contributed by atoms with E-state index in [0.717, 1.165) is 12.8 Å². The lowest BCUT2D eigenvalue weighted by Gasteiger charge is -2.35. The lowest BCUT2D eigenvalue weighted by molar-refractivity contribution is -0.110. The van der Waals surface area contributed by atoms with Crippen LogP contribution >= 0.6 is 0 Å². The molecule has 1 spiro atoms. The topological polar surface area (TPSA) is 17.1 Å². The molecule has 0 bridgehead atoms. The normalized spacial score (nSPS) is 24.8. The molecule has 1 heteroatoms. The fraction of sp³-hybridized carbons (Fsp3) is 0.462. The summed E-state index contributed by atoms with van der Waals surface area (Å²) in [5.41, 5.74) is 3.93. The Balaban J connectivity index is 2.55. The number of ketones is 1. The molecule has 2 rings (SSSR count). The summed E-state index contributed by atoms with van der Waals surface area (Å²) in [5, 5.41) is 0. The Morgan fingerprint density at radius 1 is 1.07 bits per heavy atom. The van der Waals surface area contributed by atoms with Gasteiger partial charge < -0.3 is 0 Å². The van der Waals surface area contributed by atoms with Gasteiger partial charge in [-0.3, -0.25) is 4.79 Å². The first kappa shape index (κ1) is 9.45. The van der Waals surface area contributed by atoms with Crippen LogP contribution < -0.4 is 0 Å². The van der Waals surface area contributed by atoms with Gasteiger partial charge >= 0.3 is 0 Å². The zero-order valence-corrected chi connectivity index (χ0v) is 9.05. The lowest BCUT2D eigenvalue weighted by Crippen LogP contribution is -2.26. The maximum atomic E-state index is 11.4. The number of hydrogen-bond donors (Lipinski definition) is 0. The lowest BCUT2D eigenvalue weighted by atomic mass is 9.67. The van der Waals surface area contributed by atoms with E-state index < -0.39 is 0 Å². The van der Waals surface area contributed by atoms with Crippen LogP contribution in [0.3, 0.4) is 0 Å². The van der Waals surface area contributed by atoms with E-state index in [1.807, 2.05) is 0 Å². The van der Waals surface area contributed by atoms with E-state index in [2.05, 4.69) is 26.8 Å². The largest absolute Gasteiger partial charge is 0.290 e. The molecule has 74 valence electrons. The second kappa shape index (κ2) is 2.94. The van der Waals surface area contributed by atoms with Crippen LogP contribution in [0.25, 0.3) is 0 Å². The highest BCUT2D eigenvalue weighted by atomic mass is 16.1. The molecule has 0 saturated carbocycles. The van der Waals surface area contributed by atoms with Crippen molar-refractivity contribution in [3.63, 3.8) is 0 Å². The average molecular weight is 188 g/mol. The van der Waals surface area contributed by atoms with Gasteiger partial charge in [0.05, 0.1) is 0 Å². The molecule has 0 heterocycles. The predicted molar refractivity (Wildman–Crippen MR) is 57.9 cm³/mol. The summed E-state index contributed by atoms with van der Waals surface area (Å²) >= 11 is 0. The number of carbonyl (C=O) groups is 1. The molecule has 0 radical (unpaired) electrons. The van der Waals surface area contributed by atoms with E-state index >= 15 is 0 Å². The van der Waals surface area contributed by atoms with Crippen LogP contribution in [0.1, 0.15) is 33.6 Å². The van der Waals surface area contributed by atoms with Gasteiger partial charge in [0.15, 0.2) is 5.78 Å². The van der Waals surface area contributed by atoms with Crippen LogP contribution in [0, 0.1) is 5.41 Å². The fourth-order valence-corrected chi connectivity index (χ4v) is 2.92. The van der Waals surface area contributed by atoms with Gasteiger partial charge in [-0.1, -0.05) is 22.8 Å². The molecular formula is C13H16O. The van der Waals surface area contributed by atoms with Crippen LogP contribution in [0.15, 0.2) is 34.9 Å². The van der Waals surface area contributed by atoms with E-state index in [1.165, 1.54) is 16.7 Å². The predicted octanol–water partition coefficient (Wildman–Crippen LogP) is 3.19. The molecule has 2 aliphatic rings. The van der Waals surface area contributed by atoms with Crippen molar-refractivity contribution in [2.45, 2.75) is 33.6 Å². The highest BCUT2D eigenvalue weighted by Crippen LogP contribution is 2.51. The molecule has 1 nitrogen and oxygen atoms in total. The minimum absolute atomic E-state index is 0.0912. The van der Waals surface area contributed by atoms with Crippen molar-refractivity contribution >= 4 is 5.78 Å². The minimum atomic E-state index is 0.0912. The standard InChI is InChI=1S/C13H16O/c1-9-5-4-6-13(9)10(2)7-12(14)8-11(13)3/h5,7-8H,4,6H2,1-3H3. The number of allylic oxidation sites excluding steroid dienone is 6. The van der Waals surface area contributed by atoms with E-state index in [9.17, 15) is 4.79 Å². The summed E-state index contributed by atoms with van der Waals surface area (Å²) in [5.74, 6) is 0.144. The molecule has 0 aromatic carbocycles. The highest BCUT2D eigenvalue weighted by Gasteiger charge is 2.40. The Morgan fingerprint density at radius 2 is 1.64 bits per heavy atom. The second-order valence-corrected chi connectivity index (χ2v) is 4.39. The third-order valence-corrected chi connectivity index (χ3v) is 3.71. The molecule has 0 aromatic rings. The average Bonchev–Trinajstić information content (AvgIpc) is 2.45. The Morgan fingerprint density at radius 3 is 2.07 bits per heavy atom. The van der Waals surface area contributed by atoms with Crippen molar-refractivity contribution in [3.8, 4) is 0 Å². The first-order valence-electron chi connectivity index (χ1n) is 5.16. The van der Waals surface area contributed by atoms with Gasteiger partial charge in [0.2, 0.25) is 0 Å². The van der Waals surface area contributed by atoms with Gasteiger partial charge in [0, 0.05) is 5.41 Å². The Labute approximate surface area is 85.2 Å². The molecule has 0 aromatic heterocycles. The Hall–Kier alpha value is -1.11. The second-order valence-electron chi connectivity index (χ2n) is 4.39. The summed E-state index contributed by atoms with van der Waals surface area (Å²) < 4.78 is 0. The monoisotopic (exact) mass is 188 g/mol. The Kier molecular flexibility index (Phi) is 1.99. The maximum Gasteiger partial charge on any atom is 0.178 e. The molecule has 2 aliphatic carbocycles. The summed E-state index contributed by atoms with van der Waals surface area (Å²) in [6, 6.07) is 0. The van der Waals surface area contributed by atoms with Crippen molar-refractivity contribution < 1.29 is 4.79 Å². The molecule has 0 atom stereocenters. The maximum absolute atomic E-state index is 11.4. The third kappa shape index (κ3) is 1.05. The molecule has 0 amide bonds. The summed E-state index contributed by atoms with van der Waals surface area (Å²) in [6.45, 7) is 6.34. The quantitative estimate of drug-likeness (QED) is 0.533. The van der Waals surface area contributed by atoms with E-state index in [1.54, 1.807) is 12.2 Å². The minimum Gasteiger partial charge on any atom is -0.290 e. The molecule has 0 saturated heterocycles. The highest BCUT2D eigenvalue weighted by molar-refractivity contribution is 6.02. The number of rotatable bonds is 0. The van der Waals surface area contributed by atoms with E-state index in [4.69, 9.17) is 0 Å². The fourth-order valence-electron chi connectivity index (χ4n) is 2.92. The van der Waals surface area contributed by atoms with Crippen LogP contribution in [0.5, 0.6) is 0 Å². The molecule has 0 N–H and O–H groups in total. The smallest absolute Gasteiger partial charge is 0.178 e. The Bertz CT molecular complexity index is 358. The molecule has 0 fully saturated rings. The van der Waals surface area contributed by atoms with Crippen molar-refractivity contribution in [1.82, 2.24) is 0 Å². The molecule has 0 unspecified atom stereocenters. The van der Waals surface area contributed by atoms with Crippen molar-refractivity contribution in [3.05, 3.63) is 34.9 Å². The van der Waals surface area contributed by atoms with Gasteiger partial charge in [-0.2, -0.15) is 0 Å². The summed E-state index contributed by atoms with van der Waals surface area (Å²) in [4.78, 5) is 11.4. The molecule has 14 heavy (non-hydrogen) atoms. The van der Waals surface area contributed by atoms with Crippen molar-refractivity contribution in [1.29, 1.82) is 0 Å². The van der Waals surface area contributed by atoms with Gasteiger partial charge in [0.25, 0.3) is 0 Å². The summed E-state index contributed by atoms with van der Waals surface area (Å²) in [6.07, 6.45) is 8.14. The number of carbonyl (C=O) groups excluding carboxylic acids is 1. The van der Waals surface area contributed by atoms with Gasteiger partial charge in [-0.15, -0.1) is 0 Å². The van der Waals surface area contributed by atoms with Crippen LogP contribution in [0.4, 0.5) is 0 Å². The van der Waals surface area contributed by atoms with Gasteiger partial charge in [-0.05, 0) is 45.8 Å². The zero-order valence-electron chi connectivity index (χ0n) is 9.05. The first-order valence-corrected chi connectivity index (χ1v) is 5.16. The van der Waals surface area contributed by atoms with Crippen LogP contribution in [-0.2, 0) is 4.79 Å². The van der Waals surface area contributed by atoms with Crippen molar-refractivity contribution in [2.24, 2.45) is 5.41 Å². The molecular weight excluding hydrogens is 172 g/mol. The summed E-state index contributed by atoms with van der Waals surface area (Å²) in [7, 11) is 0. The van der Waals surface area contributed by atoms with Gasteiger partial charge in [0.1, 0.15) is 0 Å².